The SMILES string of the molecule is COc1ccc(N=C2NC(=O)C3(CCCC3=O)S2)cc1. The number of hydrogen-bond acceptors (Lipinski definition) is 5. The topological polar surface area (TPSA) is 67.8 Å². The molecule has 1 saturated heterocycles. The number of ether oxygens (including phenoxy) is 1. The molecule has 1 aliphatic heterocycles. The quantitative estimate of drug-likeness (QED) is 0.846. The highest BCUT2D eigenvalue weighted by Crippen LogP contribution is 2.43. The van der Waals surface area contributed by atoms with E-state index in [1.54, 1.807) is 31.4 Å². The first-order chi connectivity index (χ1) is 9.64. The number of amidine groups is 1. The van der Waals surface area contributed by atoms with Crippen LogP contribution in [0.2, 0.25) is 0 Å². The normalized spacial score (nSPS) is 27.4. The fraction of sp³-hybridized carbons (Fsp3) is 0.357. The monoisotopic (exact) mass is 290 g/mol. The summed E-state index contributed by atoms with van der Waals surface area (Å²) in [6, 6.07) is 7.22. The van der Waals surface area contributed by atoms with Crippen molar-refractivity contribution in [1.82, 2.24) is 5.32 Å². The molecule has 0 aromatic heterocycles. The summed E-state index contributed by atoms with van der Waals surface area (Å²) < 4.78 is 4.15. The summed E-state index contributed by atoms with van der Waals surface area (Å²) in [5, 5.41) is 3.21. The van der Waals surface area contributed by atoms with Crippen LogP contribution in [0.15, 0.2) is 29.3 Å². The van der Waals surface area contributed by atoms with Crippen LogP contribution in [0.1, 0.15) is 19.3 Å². The number of nitrogens with one attached hydrogen (secondary N) is 1. The minimum atomic E-state index is -0.925. The maximum atomic E-state index is 12.1. The van der Waals surface area contributed by atoms with Gasteiger partial charge in [0.25, 0.3) is 0 Å². The van der Waals surface area contributed by atoms with Gasteiger partial charge in [0.2, 0.25) is 5.91 Å². The summed E-state index contributed by atoms with van der Waals surface area (Å²) >= 11 is 1.25. The number of methoxy groups -OCH3 is 1. The van der Waals surface area contributed by atoms with Crippen LogP contribution in [0.4, 0.5) is 5.69 Å². The molecule has 3 rings (SSSR count). The van der Waals surface area contributed by atoms with Gasteiger partial charge in [-0.05, 0) is 37.1 Å². The van der Waals surface area contributed by atoms with Crippen molar-refractivity contribution in [3.63, 3.8) is 0 Å². The zero-order chi connectivity index (χ0) is 14.2. The number of thioether (sulfide) groups is 1. The van der Waals surface area contributed by atoms with Crippen molar-refractivity contribution in [2.45, 2.75) is 24.0 Å². The van der Waals surface area contributed by atoms with E-state index < -0.39 is 4.75 Å². The van der Waals surface area contributed by atoms with Crippen LogP contribution in [0.3, 0.4) is 0 Å². The molecule has 1 aromatic rings. The van der Waals surface area contributed by atoms with E-state index in [1.807, 2.05) is 0 Å². The second kappa shape index (κ2) is 4.94. The lowest BCUT2D eigenvalue weighted by molar-refractivity contribution is -0.128. The van der Waals surface area contributed by atoms with Crippen LogP contribution >= 0.6 is 11.8 Å². The highest BCUT2D eigenvalue weighted by Gasteiger charge is 2.54. The first-order valence-electron chi connectivity index (χ1n) is 6.40. The molecule has 1 unspecified atom stereocenters. The Morgan fingerprint density at radius 1 is 1.30 bits per heavy atom. The van der Waals surface area contributed by atoms with E-state index in [0.29, 0.717) is 18.0 Å². The number of nitrogens with zero attached hydrogens (tertiary/aromatic N) is 1. The highest BCUT2D eigenvalue weighted by molar-refractivity contribution is 8.17. The lowest BCUT2D eigenvalue weighted by Gasteiger charge is -2.13. The standard InChI is InChI=1S/C14H14N2O3S/c1-19-10-6-4-9(5-7-10)15-13-16-12(18)14(20-13)8-2-3-11(14)17/h4-7H,2-3,8H2,1H3,(H,15,16,18). The Hall–Kier alpha value is -1.82. The molecule has 1 saturated carbocycles. The molecule has 5 nitrogen and oxygen atoms in total. The second-order valence-corrected chi connectivity index (χ2v) is 6.06. The number of hydrogen-bond donors (Lipinski definition) is 1. The summed E-state index contributed by atoms with van der Waals surface area (Å²) in [7, 11) is 1.60. The van der Waals surface area contributed by atoms with Crippen LogP contribution in [-0.4, -0.2) is 28.7 Å². The van der Waals surface area contributed by atoms with Crippen LogP contribution in [-0.2, 0) is 9.59 Å². The third-order valence-electron chi connectivity index (χ3n) is 3.54. The zero-order valence-corrected chi connectivity index (χ0v) is 11.8. The van der Waals surface area contributed by atoms with Gasteiger partial charge in [-0.2, -0.15) is 0 Å². The van der Waals surface area contributed by atoms with Crippen molar-refractivity contribution in [3.05, 3.63) is 24.3 Å². The summed E-state index contributed by atoms with van der Waals surface area (Å²) in [6.45, 7) is 0. The summed E-state index contributed by atoms with van der Waals surface area (Å²) in [5.41, 5.74) is 0.719. The third kappa shape index (κ3) is 2.10. The largest absolute Gasteiger partial charge is 0.497 e. The van der Waals surface area contributed by atoms with Gasteiger partial charge in [0.1, 0.15) is 5.75 Å². The van der Waals surface area contributed by atoms with Gasteiger partial charge in [0.15, 0.2) is 15.7 Å². The molecule has 1 heterocycles. The molecule has 1 amide bonds. The third-order valence-corrected chi connectivity index (χ3v) is 4.90. The Bertz CT molecular complexity index is 597. The lowest BCUT2D eigenvalue weighted by atomic mass is 10.1. The summed E-state index contributed by atoms with van der Waals surface area (Å²) in [5.74, 6) is 0.539. The van der Waals surface area contributed by atoms with Crippen LogP contribution < -0.4 is 10.1 Å². The molecule has 6 heteroatoms. The molecule has 0 bridgehead atoms. The van der Waals surface area contributed by atoms with Gasteiger partial charge < -0.3 is 10.1 Å². The number of rotatable bonds is 2. The van der Waals surface area contributed by atoms with Crippen molar-refractivity contribution in [1.29, 1.82) is 0 Å². The van der Waals surface area contributed by atoms with Gasteiger partial charge in [-0.15, -0.1) is 0 Å². The number of carbonyl (C=O) groups is 2. The Morgan fingerprint density at radius 2 is 2.05 bits per heavy atom. The van der Waals surface area contributed by atoms with Crippen molar-refractivity contribution in [2.75, 3.05) is 7.11 Å². The molecule has 1 atom stereocenters. The van der Waals surface area contributed by atoms with E-state index >= 15 is 0 Å². The van der Waals surface area contributed by atoms with Crippen molar-refractivity contribution >= 4 is 34.3 Å². The van der Waals surface area contributed by atoms with Gasteiger partial charge in [-0.25, -0.2) is 4.99 Å². The minimum Gasteiger partial charge on any atom is -0.497 e. The number of benzene rings is 1. The van der Waals surface area contributed by atoms with Crippen molar-refractivity contribution < 1.29 is 14.3 Å². The van der Waals surface area contributed by atoms with E-state index in [0.717, 1.165) is 17.9 Å². The summed E-state index contributed by atoms with van der Waals surface area (Å²) in [6.07, 6.45) is 1.86. The van der Waals surface area contributed by atoms with Gasteiger partial charge in [-0.1, -0.05) is 11.8 Å². The fourth-order valence-corrected chi connectivity index (χ4v) is 3.68. The Balaban J connectivity index is 1.83. The highest BCUT2D eigenvalue weighted by atomic mass is 32.2. The van der Waals surface area contributed by atoms with Crippen LogP contribution in [0.25, 0.3) is 0 Å². The minimum absolute atomic E-state index is 0.0138. The van der Waals surface area contributed by atoms with E-state index in [1.165, 1.54) is 11.8 Å². The molecule has 1 spiro atoms. The molecule has 0 radical (unpaired) electrons. The van der Waals surface area contributed by atoms with Gasteiger partial charge in [-0.3, -0.25) is 9.59 Å². The number of ketones is 1. The van der Waals surface area contributed by atoms with Gasteiger partial charge in [0.05, 0.1) is 12.8 Å². The molecule has 1 aliphatic carbocycles. The molecule has 2 fully saturated rings. The van der Waals surface area contributed by atoms with E-state index in [-0.39, 0.29) is 11.7 Å². The first-order valence-corrected chi connectivity index (χ1v) is 7.22. The van der Waals surface area contributed by atoms with Crippen molar-refractivity contribution in [3.8, 4) is 5.75 Å². The number of aliphatic imine (C=N–C) groups is 1. The molecular formula is C14H14N2O3S. The zero-order valence-electron chi connectivity index (χ0n) is 11.0. The maximum Gasteiger partial charge on any atom is 0.250 e. The molecule has 1 N–H and O–H groups in total. The Kier molecular flexibility index (Phi) is 3.25. The number of amides is 1. The average Bonchev–Trinajstić information content (AvgIpc) is 2.96. The molecule has 2 aliphatic rings. The first kappa shape index (κ1) is 13.2. The van der Waals surface area contributed by atoms with E-state index in [2.05, 4.69) is 10.3 Å². The second-order valence-electron chi connectivity index (χ2n) is 4.77. The van der Waals surface area contributed by atoms with Gasteiger partial charge >= 0.3 is 0 Å². The molecular weight excluding hydrogens is 276 g/mol. The molecule has 20 heavy (non-hydrogen) atoms. The van der Waals surface area contributed by atoms with E-state index in [4.69, 9.17) is 4.74 Å². The molecule has 1 aromatic carbocycles. The average molecular weight is 290 g/mol. The Morgan fingerprint density at radius 3 is 2.65 bits per heavy atom. The van der Waals surface area contributed by atoms with Crippen LogP contribution in [0, 0.1) is 0 Å². The molecule has 104 valence electrons. The fourth-order valence-electron chi connectivity index (χ4n) is 2.45. The number of carbonyl (C=O) groups excluding carboxylic acids is 2. The predicted octanol–water partition coefficient (Wildman–Crippen LogP) is 2.04. The van der Waals surface area contributed by atoms with Gasteiger partial charge in [0, 0.05) is 6.42 Å². The smallest absolute Gasteiger partial charge is 0.250 e. The van der Waals surface area contributed by atoms with Crippen molar-refractivity contribution in [2.24, 2.45) is 4.99 Å². The predicted molar refractivity (Wildman–Crippen MR) is 77.4 cm³/mol. The lowest BCUT2D eigenvalue weighted by Crippen LogP contribution is -2.39. The maximum absolute atomic E-state index is 12.1. The summed E-state index contributed by atoms with van der Waals surface area (Å²) in [4.78, 5) is 28.4. The van der Waals surface area contributed by atoms with Crippen LogP contribution in [0.5, 0.6) is 5.75 Å². The Labute approximate surface area is 120 Å². The number of Topliss-reactive ketones (excluding diaryl/α,β-unsaturated/α-hetero) is 1. The van der Waals surface area contributed by atoms with E-state index in [9.17, 15) is 9.59 Å².